The number of amides is 1. The second-order valence-corrected chi connectivity index (χ2v) is 5.62. The molecule has 3 rings (SSSR count). The van der Waals surface area contributed by atoms with Gasteiger partial charge in [0.2, 0.25) is 11.3 Å². The van der Waals surface area contributed by atoms with Crippen molar-refractivity contribution in [3.63, 3.8) is 0 Å². The summed E-state index contributed by atoms with van der Waals surface area (Å²) in [5.41, 5.74) is 0.925. The predicted octanol–water partition coefficient (Wildman–Crippen LogP) is 2.96. The Kier molecular flexibility index (Phi) is 5.26. The summed E-state index contributed by atoms with van der Waals surface area (Å²) in [7, 11) is 0. The number of hydrogen-bond donors (Lipinski definition) is 1. The number of anilines is 1. The second-order valence-electron chi connectivity index (χ2n) is 5.62. The Balaban J connectivity index is 1.73. The Morgan fingerprint density at radius 3 is 2.88 bits per heavy atom. The summed E-state index contributed by atoms with van der Waals surface area (Å²) in [6.07, 6.45) is 1.39. The van der Waals surface area contributed by atoms with Gasteiger partial charge in [0.25, 0.3) is 0 Å². The summed E-state index contributed by atoms with van der Waals surface area (Å²) in [5.74, 6) is -0.412. The van der Waals surface area contributed by atoms with Crippen LogP contribution in [0.25, 0.3) is 10.9 Å². The summed E-state index contributed by atoms with van der Waals surface area (Å²) in [4.78, 5) is 24.1. The predicted molar refractivity (Wildman–Crippen MR) is 96.8 cm³/mol. The van der Waals surface area contributed by atoms with E-state index >= 15 is 0 Å². The molecule has 0 saturated carbocycles. The quantitative estimate of drug-likeness (QED) is 0.738. The summed E-state index contributed by atoms with van der Waals surface area (Å²) >= 11 is 0. The first kappa shape index (κ1) is 17.6. The molecule has 1 aromatic heterocycles. The fourth-order valence-corrected chi connectivity index (χ4v) is 2.63. The lowest BCUT2D eigenvalue weighted by molar-refractivity contribution is -0.116. The Hall–Kier alpha value is -3.22. The van der Waals surface area contributed by atoms with Crippen LogP contribution in [-0.4, -0.2) is 22.3 Å². The number of carbonyl (C=O) groups is 1. The van der Waals surface area contributed by atoms with Crippen molar-refractivity contribution in [2.24, 2.45) is 0 Å². The third-order valence-electron chi connectivity index (χ3n) is 3.83. The highest BCUT2D eigenvalue weighted by Gasteiger charge is 2.10. The average molecular weight is 355 g/mol. The van der Waals surface area contributed by atoms with Crippen LogP contribution in [0.5, 0.6) is 5.75 Å². The molecule has 0 spiro atoms. The Labute approximate surface area is 149 Å². The molecule has 0 fully saturated rings. The van der Waals surface area contributed by atoms with Gasteiger partial charge in [-0.15, -0.1) is 0 Å². The van der Waals surface area contributed by atoms with E-state index in [0.29, 0.717) is 29.7 Å². The molecule has 0 aliphatic rings. The lowest BCUT2D eigenvalue weighted by atomic mass is 10.2. The number of fused-ring (bicyclic) bond motifs is 1. The third kappa shape index (κ3) is 3.88. The summed E-state index contributed by atoms with van der Waals surface area (Å²) in [6, 6.07) is 11.1. The first-order valence-corrected chi connectivity index (χ1v) is 8.25. The maximum atomic E-state index is 13.3. The van der Waals surface area contributed by atoms with Crippen LogP contribution in [0.1, 0.15) is 13.3 Å². The Bertz CT molecular complexity index is 1000. The zero-order chi connectivity index (χ0) is 18.5. The van der Waals surface area contributed by atoms with Crippen molar-refractivity contribution in [1.29, 1.82) is 0 Å². The van der Waals surface area contributed by atoms with Gasteiger partial charge in [0.15, 0.2) is 0 Å². The molecule has 26 heavy (non-hydrogen) atoms. The number of nitrogens with zero attached hydrogens (tertiary/aromatic N) is 2. The standard InChI is InChI=1S/C19H18FN3O3/c1-2-26-18-11-13(20)7-8-15(18)22-19(25)9-10-23-16-6-4-3-5-14(16)17(24)12-21-23/h3-8,11-12H,2,9-10H2,1H3,(H,22,25). The van der Waals surface area contributed by atoms with Gasteiger partial charge in [-0.2, -0.15) is 5.10 Å². The normalized spacial score (nSPS) is 10.7. The highest BCUT2D eigenvalue weighted by molar-refractivity contribution is 5.92. The number of aryl methyl sites for hydroxylation is 1. The molecule has 0 radical (unpaired) electrons. The van der Waals surface area contributed by atoms with Gasteiger partial charge in [-0.25, -0.2) is 4.39 Å². The molecule has 134 valence electrons. The van der Waals surface area contributed by atoms with E-state index in [-0.39, 0.29) is 23.5 Å². The van der Waals surface area contributed by atoms with Crippen LogP contribution in [0.15, 0.2) is 53.5 Å². The van der Waals surface area contributed by atoms with Crippen LogP contribution in [0.4, 0.5) is 10.1 Å². The number of nitrogens with one attached hydrogen (secondary N) is 1. The van der Waals surface area contributed by atoms with Crippen molar-refractivity contribution in [2.75, 3.05) is 11.9 Å². The van der Waals surface area contributed by atoms with E-state index < -0.39 is 5.82 Å². The minimum absolute atomic E-state index is 0.142. The van der Waals surface area contributed by atoms with Gasteiger partial charge in [0.1, 0.15) is 11.6 Å². The lowest BCUT2D eigenvalue weighted by Gasteiger charge is -2.12. The topological polar surface area (TPSA) is 73.2 Å². The Morgan fingerprint density at radius 2 is 2.08 bits per heavy atom. The number of benzene rings is 2. The van der Waals surface area contributed by atoms with Crippen LogP contribution >= 0.6 is 0 Å². The van der Waals surface area contributed by atoms with Gasteiger partial charge in [0, 0.05) is 17.9 Å². The van der Waals surface area contributed by atoms with Crippen LogP contribution in [-0.2, 0) is 11.3 Å². The molecule has 0 unspecified atom stereocenters. The van der Waals surface area contributed by atoms with Crippen molar-refractivity contribution in [2.45, 2.75) is 19.9 Å². The van der Waals surface area contributed by atoms with Crippen LogP contribution < -0.4 is 15.5 Å². The van der Waals surface area contributed by atoms with Gasteiger partial charge in [0.05, 0.1) is 30.6 Å². The van der Waals surface area contributed by atoms with Gasteiger partial charge in [-0.3, -0.25) is 14.3 Å². The number of carbonyl (C=O) groups excluding carboxylic acids is 1. The van der Waals surface area contributed by atoms with Crippen molar-refractivity contribution < 1.29 is 13.9 Å². The van der Waals surface area contributed by atoms with Crippen molar-refractivity contribution in [1.82, 2.24) is 9.78 Å². The lowest BCUT2D eigenvalue weighted by Crippen LogP contribution is -2.18. The summed E-state index contributed by atoms with van der Waals surface area (Å²) in [5, 5.41) is 7.37. The maximum Gasteiger partial charge on any atom is 0.226 e. The van der Waals surface area contributed by atoms with E-state index in [1.807, 2.05) is 6.07 Å². The number of halogens is 1. The number of aromatic nitrogens is 2. The Morgan fingerprint density at radius 1 is 1.27 bits per heavy atom. The average Bonchev–Trinajstić information content (AvgIpc) is 2.64. The van der Waals surface area contributed by atoms with Crippen molar-refractivity contribution in [3.05, 3.63) is 64.7 Å². The third-order valence-corrected chi connectivity index (χ3v) is 3.83. The molecular weight excluding hydrogens is 337 g/mol. The van der Waals surface area contributed by atoms with Gasteiger partial charge < -0.3 is 10.1 Å². The summed E-state index contributed by atoms with van der Waals surface area (Å²) < 4.78 is 20.3. The van der Waals surface area contributed by atoms with Gasteiger partial charge in [-0.1, -0.05) is 12.1 Å². The zero-order valence-corrected chi connectivity index (χ0v) is 14.2. The number of para-hydroxylation sites is 1. The molecular formula is C19H18FN3O3. The first-order chi connectivity index (χ1) is 12.6. The maximum absolute atomic E-state index is 13.3. The van der Waals surface area contributed by atoms with Crippen LogP contribution in [0, 0.1) is 5.82 Å². The van der Waals surface area contributed by atoms with E-state index in [2.05, 4.69) is 10.4 Å². The molecule has 7 heteroatoms. The van der Waals surface area contributed by atoms with Crippen molar-refractivity contribution in [3.8, 4) is 5.75 Å². The van der Waals surface area contributed by atoms with Gasteiger partial charge in [-0.05, 0) is 31.2 Å². The van der Waals surface area contributed by atoms with E-state index in [1.165, 1.54) is 24.4 Å². The number of rotatable bonds is 6. The van der Waals surface area contributed by atoms with Crippen molar-refractivity contribution >= 4 is 22.5 Å². The molecule has 6 nitrogen and oxygen atoms in total. The molecule has 0 atom stereocenters. The molecule has 0 saturated heterocycles. The minimum Gasteiger partial charge on any atom is -0.492 e. The number of ether oxygens (including phenoxy) is 1. The van der Waals surface area contributed by atoms with E-state index in [9.17, 15) is 14.0 Å². The SMILES string of the molecule is CCOc1cc(F)ccc1NC(=O)CCn1ncc(=O)c2ccccc21. The van der Waals surface area contributed by atoms with Crippen LogP contribution in [0.2, 0.25) is 0 Å². The van der Waals surface area contributed by atoms with E-state index in [1.54, 1.807) is 29.8 Å². The molecule has 0 aliphatic carbocycles. The van der Waals surface area contributed by atoms with E-state index in [0.717, 1.165) is 0 Å². The molecule has 0 aliphatic heterocycles. The van der Waals surface area contributed by atoms with E-state index in [4.69, 9.17) is 4.74 Å². The summed E-state index contributed by atoms with van der Waals surface area (Å²) in [6.45, 7) is 2.45. The molecule has 0 bridgehead atoms. The molecule has 1 N–H and O–H groups in total. The highest BCUT2D eigenvalue weighted by atomic mass is 19.1. The first-order valence-electron chi connectivity index (χ1n) is 8.25. The molecule has 1 amide bonds. The second kappa shape index (κ2) is 7.77. The molecule has 2 aromatic carbocycles. The fourth-order valence-electron chi connectivity index (χ4n) is 2.63. The minimum atomic E-state index is -0.435. The highest BCUT2D eigenvalue weighted by Crippen LogP contribution is 2.25. The fraction of sp³-hybridized carbons (Fsp3) is 0.211. The van der Waals surface area contributed by atoms with Crippen LogP contribution in [0.3, 0.4) is 0 Å². The smallest absolute Gasteiger partial charge is 0.226 e. The largest absolute Gasteiger partial charge is 0.492 e. The molecule has 3 aromatic rings. The van der Waals surface area contributed by atoms with Gasteiger partial charge >= 0.3 is 0 Å². The monoisotopic (exact) mass is 355 g/mol. The number of hydrogen-bond acceptors (Lipinski definition) is 4. The zero-order valence-electron chi connectivity index (χ0n) is 14.2. The molecule has 1 heterocycles.